The number of phenolic OH excluding ortho intramolecular Hbond substituents is 1. The Balaban J connectivity index is 2.18. The van der Waals surface area contributed by atoms with Gasteiger partial charge in [0.05, 0.1) is 17.0 Å². The number of hydrogen-bond donors (Lipinski definition) is 1. The van der Waals surface area contributed by atoms with E-state index in [0.29, 0.717) is 5.56 Å². The molecule has 0 bridgehead atoms. The predicted octanol–water partition coefficient (Wildman–Crippen LogP) is 3.15. The summed E-state index contributed by atoms with van der Waals surface area (Å²) in [5.41, 5.74) is 0.402. The number of hydrogen-bond acceptors (Lipinski definition) is 5. The number of imidazole rings is 1. The van der Waals surface area contributed by atoms with Gasteiger partial charge in [-0.1, -0.05) is 29.8 Å². The van der Waals surface area contributed by atoms with Crippen molar-refractivity contribution < 1.29 is 18.3 Å². The van der Waals surface area contributed by atoms with Gasteiger partial charge in [0.2, 0.25) is 0 Å². The summed E-state index contributed by atoms with van der Waals surface area (Å²) in [7, 11) is -2.43. The lowest BCUT2D eigenvalue weighted by molar-refractivity contribution is 0.374. The number of methoxy groups -OCH3 is 1. The van der Waals surface area contributed by atoms with Gasteiger partial charge in [-0.05, 0) is 24.3 Å². The highest BCUT2D eigenvalue weighted by Crippen LogP contribution is 2.38. The molecule has 1 heterocycles. The largest absolute Gasteiger partial charge is 0.503 e. The van der Waals surface area contributed by atoms with Gasteiger partial charge in [-0.25, -0.2) is 17.4 Å². The minimum Gasteiger partial charge on any atom is -0.503 e. The van der Waals surface area contributed by atoms with Crippen LogP contribution in [0.1, 0.15) is 0 Å². The normalized spacial score (nSPS) is 11.4. The molecule has 3 aromatic rings. The highest BCUT2D eigenvalue weighted by atomic mass is 35.5. The first-order chi connectivity index (χ1) is 11.4. The Morgan fingerprint density at radius 1 is 1.21 bits per heavy atom. The second kappa shape index (κ2) is 6.18. The number of rotatable bonds is 4. The molecule has 0 aliphatic heterocycles. The van der Waals surface area contributed by atoms with Gasteiger partial charge in [-0.3, -0.25) is 0 Å². The second-order valence-electron chi connectivity index (χ2n) is 4.87. The lowest BCUT2D eigenvalue weighted by atomic mass is 10.2. The van der Waals surface area contributed by atoms with Crippen LogP contribution in [-0.2, 0) is 10.0 Å². The molecule has 0 unspecified atom stereocenters. The quantitative estimate of drug-likeness (QED) is 0.769. The summed E-state index contributed by atoms with van der Waals surface area (Å²) in [4.78, 5) is 4.25. The minimum absolute atomic E-state index is 0.0380. The SMILES string of the molecule is COc1cc(-c2nccn2S(=O)(=O)c2ccccc2)cc(Cl)c1O. The van der Waals surface area contributed by atoms with Crippen molar-refractivity contribution in [2.75, 3.05) is 7.11 Å². The summed E-state index contributed by atoms with van der Waals surface area (Å²) >= 11 is 5.98. The number of nitrogens with zero attached hydrogens (tertiary/aromatic N) is 2. The lowest BCUT2D eigenvalue weighted by Gasteiger charge is -2.11. The second-order valence-corrected chi connectivity index (χ2v) is 7.10. The van der Waals surface area contributed by atoms with E-state index in [1.807, 2.05) is 0 Å². The average molecular weight is 365 g/mol. The Morgan fingerprint density at radius 3 is 2.58 bits per heavy atom. The van der Waals surface area contributed by atoms with Crippen LogP contribution in [-0.4, -0.2) is 29.6 Å². The number of ether oxygens (including phenoxy) is 1. The molecule has 3 rings (SSSR count). The monoisotopic (exact) mass is 364 g/mol. The fraction of sp³-hybridized carbons (Fsp3) is 0.0625. The van der Waals surface area contributed by atoms with Crippen LogP contribution in [0.3, 0.4) is 0 Å². The number of phenols is 1. The van der Waals surface area contributed by atoms with Crippen LogP contribution in [0.5, 0.6) is 11.5 Å². The van der Waals surface area contributed by atoms with E-state index in [0.717, 1.165) is 3.97 Å². The maximum atomic E-state index is 12.8. The van der Waals surface area contributed by atoms with Gasteiger partial charge in [0, 0.05) is 18.0 Å². The van der Waals surface area contributed by atoms with Gasteiger partial charge in [-0.15, -0.1) is 0 Å². The average Bonchev–Trinajstić information content (AvgIpc) is 3.08. The van der Waals surface area contributed by atoms with E-state index in [1.54, 1.807) is 18.2 Å². The van der Waals surface area contributed by atoms with Crippen molar-refractivity contribution in [1.82, 2.24) is 8.96 Å². The summed E-state index contributed by atoms with van der Waals surface area (Å²) in [6, 6.07) is 10.9. The van der Waals surface area contributed by atoms with E-state index in [9.17, 15) is 13.5 Å². The molecule has 0 fully saturated rings. The molecule has 8 heteroatoms. The molecule has 0 amide bonds. The zero-order valence-electron chi connectivity index (χ0n) is 12.5. The van der Waals surface area contributed by atoms with Gasteiger partial charge in [-0.2, -0.15) is 0 Å². The molecule has 2 aromatic carbocycles. The fourth-order valence-corrected chi connectivity index (χ4v) is 3.79. The fourth-order valence-electron chi connectivity index (χ4n) is 2.25. The predicted molar refractivity (Wildman–Crippen MR) is 89.9 cm³/mol. The molecule has 1 aromatic heterocycles. The summed E-state index contributed by atoms with van der Waals surface area (Å²) < 4.78 is 31.7. The smallest absolute Gasteiger partial charge is 0.269 e. The van der Waals surface area contributed by atoms with E-state index >= 15 is 0 Å². The van der Waals surface area contributed by atoms with Crippen molar-refractivity contribution in [2.24, 2.45) is 0 Å². The minimum atomic E-state index is -3.81. The zero-order chi connectivity index (χ0) is 17.3. The molecule has 0 atom stereocenters. The molecule has 1 N–H and O–H groups in total. The molecule has 24 heavy (non-hydrogen) atoms. The summed E-state index contributed by atoms with van der Waals surface area (Å²) in [6.07, 6.45) is 2.73. The highest BCUT2D eigenvalue weighted by molar-refractivity contribution is 7.90. The van der Waals surface area contributed by atoms with Crippen LogP contribution in [0.15, 0.2) is 59.8 Å². The van der Waals surface area contributed by atoms with E-state index in [1.165, 1.54) is 43.8 Å². The molecular formula is C16H13ClN2O4S. The van der Waals surface area contributed by atoms with Crippen molar-refractivity contribution in [3.8, 4) is 22.9 Å². The topological polar surface area (TPSA) is 81.4 Å². The van der Waals surface area contributed by atoms with E-state index < -0.39 is 10.0 Å². The molecule has 0 saturated carbocycles. The zero-order valence-corrected chi connectivity index (χ0v) is 14.1. The Kier molecular flexibility index (Phi) is 4.21. The van der Waals surface area contributed by atoms with Crippen molar-refractivity contribution >= 4 is 21.6 Å². The van der Waals surface area contributed by atoms with Crippen LogP contribution in [0, 0.1) is 0 Å². The van der Waals surface area contributed by atoms with Crippen LogP contribution in [0.4, 0.5) is 0 Å². The van der Waals surface area contributed by atoms with Gasteiger partial charge < -0.3 is 9.84 Å². The number of benzene rings is 2. The molecule has 6 nitrogen and oxygen atoms in total. The molecule has 0 spiro atoms. The van der Waals surface area contributed by atoms with Gasteiger partial charge in [0.25, 0.3) is 10.0 Å². The molecule has 0 aliphatic rings. The Bertz CT molecular complexity index is 985. The van der Waals surface area contributed by atoms with Crippen molar-refractivity contribution in [3.63, 3.8) is 0 Å². The van der Waals surface area contributed by atoms with E-state index in [4.69, 9.17) is 16.3 Å². The third-order valence-electron chi connectivity index (χ3n) is 3.41. The summed E-state index contributed by atoms with van der Waals surface area (Å²) in [6.45, 7) is 0. The lowest BCUT2D eigenvalue weighted by Crippen LogP contribution is -2.13. The van der Waals surface area contributed by atoms with Gasteiger partial charge >= 0.3 is 0 Å². The molecule has 0 aliphatic carbocycles. The van der Waals surface area contributed by atoms with Gasteiger partial charge in [0.1, 0.15) is 0 Å². The van der Waals surface area contributed by atoms with E-state index in [-0.39, 0.29) is 27.2 Å². The number of aromatic nitrogens is 2. The number of halogens is 1. The standard InChI is InChI=1S/C16H13ClN2O4S/c1-23-14-10-11(9-13(17)15(14)20)16-18-7-8-19(16)24(21,22)12-5-3-2-4-6-12/h2-10,20H,1H3. The van der Waals surface area contributed by atoms with E-state index in [2.05, 4.69) is 4.98 Å². The molecule has 0 saturated heterocycles. The first-order valence-corrected chi connectivity index (χ1v) is 8.68. The van der Waals surface area contributed by atoms with Crippen molar-refractivity contribution in [2.45, 2.75) is 4.90 Å². The first-order valence-electron chi connectivity index (χ1n) is 6.86. The number of aromatic hydroxyl groups is 1. The Hall–Kier alpha value is -2.51. The third kappa shape index (κ3) is 2.72. The van der Waals surface area contributed by atoms with Crippen molar-refractivity contribution in [3.05, 3.63) is 59.9 Å². The maximum absolute atomic E-state index is 12.8. The molecular weight excluding hydrogens is 352 g/mol. The molecule has 124 valence electrons. The third-order valence-corrected chi connectivity index (χ3v) is 5.38. The van der Waals surface area contributed by atoms with Crippen molar-refractivity contribution in [1.29, 1.82) is 0 Å². The van der Waals surface area contributed by atoms with Crippen LogP contribution < -0.4 is 4.74 Å². The first kappa shape index (κ1) is 16.4. The molecule has 0 radical (unpaired) electrons. The summed E-state index contributed by atoms with van der Waals surface area (Å²) in [5.74, 6) is 0.0788. The summed E-state index contributed by atoms with van der Waals surface area (Å²) in [5, 5.41) is 9.86. The van der Waals surface area contributed by atoms with Crippen LogP contribution in [0.25, 0.3) is 11.4 Å². The van der Waals surface area contributed by atoms with Gasteiger partial charge in [0.15, 0.2) is 17.3 Å². The maximum Gasteiger partial charge on any atom is 0.269 e. The van der Waals surface area contributed by atoms with Crippen LogP contribution in [0.2, 0.25) is 5.02 Å². The van der Waals surface area contributed by atoms with Crippen LogP contribution >= 0.6 is 11.6 Å². The Morgan fingerprint density at radius 2 is 1.92 bits per heavy atom. The Labute approximate surface area is 144 Å². The highest BCUT2D eigenvalue weighted by Gasteiger charge is 2.22.